The van der Waals surface area contributed by atoms with E-state index in [-0.39, 0.29) is 12.4 Å². The Labute approximate surface area is 118 Å². The van der Waals surface area contributed by atoms with E-state index in [9.17, 15) is 0 Å². The highest BCUT2D eigenvalue weighted by Gasteiger charge is 2.09. The molecule has 4 heteroatoms. The van der Waals surface area contributed by atoms with E-state index in [1.165, 1.54) is 9.75 Å². The molecule has 0 fully saturated rings. The fraction of sp³-hybridized carbons (Fsp3) is 0.286. The van der Waals surface area contributed by atoms with E-state index in [1.807, 2.05) is 19.1 Å². The second-order valence-corrected chi connectivity index (χ2v) is 5.17. The molecule has 0 atom stereocenters. The number of nitrogens with two attached hydrogens (primary N) is 1. The Hall–Kier alpha value is -1.03. The SMILES string of the molecule is CCOc1ccc(CN)cc1-c1ccc(C)s1.Cl. The fourth-order valence-corrected chi connectivity index (χ4v) is 2.65. The van der Waals surface area contributed by atoms with Gasteiger partial charge in [0.25, 0.3) is 0 Å². The van der Waals surface area contributed by atoms with Crippen molar-refractivity contribution in [2.75, 3.05) is 6.61 Å². The molecule has 2 N–H and O–H groups in total. The molecule has 2 rings (SSSR count). The Bertz CT molecular complexity index is 510. The average molecular weight is 284 g/mol. The van der Waals surface area contributed by atoms with Crippen molar-refractivity contribution in [1.82, 2.24) is 0 Å². The van der Waals surface area contributed by atoms with Gasteiger partial charge in [0.15, 0.2) is 0 Å². The largest absolute Gasteiger partial charge is 0.493 e. The lowest BCUT2D eigenvalue weighted by molar-refractivity contribution is 0.341. The van der Waals surface area contributed by atoms with Crippen LogP contribution in [-0.4, -0.2) is 6.61 Å². The van der Waals surface area contributed by atoms with Crippen LogP contribution in [0, 0.1) is 6.92 Å². The molecule has 0 aliphatic heterocycles. The Balaban J connectivity index is 0.00000162. The minimum atomic E-state index is 0. The summed E-state index contributed by atoms with van der Waals surface area (Å²) in [5.41, 5.74) is 7.97. The van der Waals surface area contributed by atoms with E-state index in [4.69, 9.17) is 10.5 Å². The summed E-state index contributed by atoms with van der Waals surface area (Å²) in [5, 5.41) is 0. The highest BCUT2D eigenvalue weighted by atomic mass is 35.5. The number of thiophene rings is 1. The maximum Gasteiger partial charge on any atom is 0.127 e. The zero-order valence-corrected chi connectivity index (χ0v) is 12.2. The van der Waals surface area contributed by atoms with Gasteiger partial charge in [0.05, 0.1) is 6.61 Å². The van der Waals surface area contributed by atoms with Crippen molar-refractivity contribution < 1.29 is 4.74 Å². The summed E-state index contributed by atoms with van der Waals surface area (Å²) in [5.74, 6) is 0.937. The molecule has 1 aromatic carbocycles. The van der Waals surface area contributed by atoms with E-state index in [2.05, 4.69) is 25.1 Å². The monoisotopic (exact) mass is 283 g/mol. The van der Waals surface area contributed by atoms with Gasteiger partial charge in [-0.1, -0.05) is 6.07 Å². The molecule has 18 heavy (non-hydrogen) atoms. The Kier molecular flexibility index (Phi) is 5.66. The number of benzene rings is 1. The van der Waals surface area contributed by atoms with Gasteiger partial charge in [-0.05, 0) is 43.7 Å². The first-order chi connectivity index (χ1) is 8.24. The third-order valence-electron chi connectivity index (χ3n) is 2.59. The van der Waals surface area contributed by atoms with Gasteiger partial charge in [0, 0.05) is 21.9 Å². The number of halogens is 1. The predicted octanol–water partition coefficient (Wildman–Crippen LogP) is 4.00. The Morgan fingerprint density at radius 2 is 2.00 bits per heavy atom. The van der Waals surface area contributed by atoms with Crippen LogP contribution in [-0.2, 0) is 6.54 Å². The van der Waals surface area contributed by atoms with Crippen LogP contribution in [0.15, 0.2) is 30.3 Å². The maximum absolute atomic E-state index is 5.69. The van der Waals surface area contributed by atoms with E-state index >= 15 is 0 Å². The van der Waals surface area contributed by atoms with Gasteiger partial charge in [0.1, 0.15) is 5.75 Å². The second-order valence-electron chi connectivity index (χ2n) is 3.88. The summed E-state index contributed by atoms with van der Waals surface area (Å²) in [6.07, 6.45) is 0. The number of rotatable bonds is 4. The van der Waals surface area contributed by atoms with Gasteiger partial charge in [-0.3, -0.25) is 0 Å². The molecule has 0 aliphatic rings. The van der Waals surface area contributed by atoms with Crippen molar-refractivity contribution in [1.29, 1.82) is 0 Å². The summed E-state index contributed by atoms with van der Waals surface area (Å²) >= 11 is 1.78. The van der Waals surface area contributed by atoms with Crippen LogP contribution in [0.1, 0.15) is 17.4 Å². The van der Waals surface area contributed by atoms with E-state index in [0.717, 1.165) is 16.9 Å². The standard InChI is InChI=1S/C14H17NOS.ClH/c1-3-16-13-6-5-11(9-15)8-12(13)14-7-4-10(2)17-14;/h4-8H,3,9,15H2,1-2H3;1H. The highest BCUT2D eigenvalue weighted by Crippen LogP contribution is 2.35. The topological polar surface area (TPSA) is 35.2 Å². The first-order valence-corrected chi connectivity index (χ1v) is 6.59. The summed E-state index contributed by atoms with van der Waals surface area (Å²) < 4.78 is 5.67. The minimum absolute atomic E-state index is 0. The first-order valence-electron chi connectivity index (χ1n) is 5.77. The smallest absolute Gasteiger partial charge is 0.127 e. The first kappa shape index (κ1) is 15.0. The van der Waals surface area contributed by atoms with Gasteiger partial charge in [0.2, 0.25) is 0 Å². The normalized spacial score (nSPS) is 9.94. The van der Waals surface area contributed by atoms with Crippen LogP contribution < -0.4 is 10.5 Å². The minimum Gasteiger partial charge on any atom is -0.493 e. The molecule has 0 aliphatic carbocycles. The second kappa shape index (κ2) is 6.78. The van der Waals surface area contributed by atoms with Crippen LogP contribution in [0.5, 0.6) is 5.75 Å². The van der Waals surface area contributed by atoms with Gasteiger partial charge in [-0.15, -0.1) is 23.7 Å². The van der Waals surface area contributed by atoms with Crippen LogP contribution in [0.4, 0.5) is 0 Å². The molecular weight excluding hydrogens is 266 g/mol. The van der Waals surface area contributed by atoms with Gasteiger partial charge in [-0.25, -0.2) is 0 Å². The average Bonchev–Trinajstić information content (AvgIpc) is 2.77. The van der Waals surface area contributed by atoms with Gasteiger partial charge >= 0.3 is 0 Å². The van der Waals surface area contributed by atoms with Crippen molar-refractivity contribution in [2.45, 2.75) is 20.4 Å². The molecule has 1 aromatic heterocycles. The third-order valence-corrected chi connectivity index (χ3v) is 3.62. The third kappa shape index (κ3) is 3.25. The molecule has 0 spiro atoms. The Morgan fingerprint density at radius 1 is 1.22 bits per heavy atom. The predicted molar refractivity (Wildman–Crippen MR) is 80.8 cm³/mol. The molecule has 0 unspecified atom stereocenters. The van der Waals surface area contributed by atoms with Crippen molar-refractivity contribution >= 4 is 23.7 Å². The lowest BCUT2D eigenvalue weighted by Gasteiger charge is -2.10. The molecule has 0 radical (unpaired) electrons. The summed E-state index contributed by atoms with van der Waals surface area (Å²) in [4.78, 5) is 2.54. The molecule has 1 heterocycles. The molecule has 2 aromatic rings. The van der Waals surface area contributed by atoms with Crippen molar-refractivity contribution in [3.05, 3.63) is 40.8 Å². The number of aryl methyl sites for hydroxylation is 1. The fourth-order valence-electron chi connectivity index (χ4n) is 1.76. The Morgan fingerprint density at radius 3 is 2.56 bits per heavy atom. The molecule has 98 valence electrons. The highest BCUT2D eigenvalue weighted by molar-refractivity contribution is 7.15. The van der Waals surface area contributed by atoms with Crippen LogP contribution in [0.25, 0.3) is 10.4 Å². The summed E-state index contributed by atoms with van der Waals surface area (Å²) in [6, 6.07) is 10.4. The molecule has 0 saturated heterocycles. The molecule has 0 amide bonds. The summed E-state index contributed by atoms with van der Waals surface area (Å²) in [6.45, 7) is 5.35. The number of hydrogen-bond acceptors (Lipinski definition) is 3. The zero-order valence-electron chi connectivity index (χ0n) is 10.6. The molecule has 2 nitrogen and oxygen atoms in total. The van der Waals surface area contributed by atoms with E-state index < -0.39 is 0 Å². The van der Waals surface area contributed by atoms with Crippen molar-refractivity contribution in [3.63, 3.8) is 0 Å². The van der Waals surface area contributed by atoms with E-state index in [0.29, 0.717) is 13.2 Å². The van der Waals surface area contributed by atoms with Crippen molar-refractivity contribution in [3.8, 4) is 16.2 Å². The molecule has 0 bridgehead atoms. The molecular formula is C14H18ClNOS. The number of ether oxygens (including phenoxy) is 1. The molecule has 0 saturated carbocycles. The zero-order chi connectivity index (χ0) is 12.3. The van der Waals surface area contributed by atoms with Crippen molar-refractivity contribution in [2.24, 2.45) is 5.73 Å². The summed E-state index contributed by atoms with van der Waals surface area (Å²) in [7, 11) is 0. The van der Waals surface area contributed by atoms with Gasteiger partial charge in [-0.2, -0.15) is 0 Å². The lowest BCUT2D eigenvalue weighted by atomic mass is 10.1. The van der Waals surface area contributed by atoms with Crippen LogP contribution in [0.3, 0.4) is 0 Å². The van der Waals surface area contributed by atoms with Gasteiger partial charge < -0.3 is 10.5 Å². The lowest BCUT2D eigenvalue weighted by Crippen LogP contribution is -1.98. The maximum atomic E-state index is 5.69. The van der Waals surface area contributed by atoms with E-state index in [1.54, 1.807) is 11.3 Å². The van der Waals surface area contributed by atoms with Crippen LogP contribution in [0.2, 0.25) is 0 Å². The number of hydrogen-bond donors (Lipinski definition) is 1. The van der Waals surface area contributed by atoms with Crippen LogP contribution >= 0.6 is 23.7 Å². The quantitative estimate of drug-likeness (QED) is 0.920.